The SMILES string of the molecule is NC(CSSc1ccccn1)C(=O)CC[N+](=O)[O-]. The van der Waals surface area contributed by atoms with Crippen LogP contribution in [0.15, 0.2) is 29.4 Å². The minimum Gasteiger partial charge on any atom is -0.321 e. The molecular weight excluding hydrogens is 274 g/mol. The van der Waals surface area contributed by atoms with Crippen LogP contribution in [0.5, 0.6) is 0 Å². The van der Waals surface area contributed by atoms with Crippen LogP contribution in [-0.2, 0) is 4.79 Å². The third-order valence-corrected chi connectivity index (χ3v) is 4.28. The number of aromatic nitrogens is 1. The number of nitro groups is 1. The van der Waals surface area contributed by atoms with Crippen molar-refractivity contribution in [2.75, 3.05) is 12.3 Å². The topological polar surface area (TPSA) is 99.1 Å². The molecule has 1 aromatic rings. The van der Waals surface area contributed by atoms with Crippen LogP contribution in [-0.4, -0.2) is 34.0 Å². The van der Waals surface area contributed by atoms with Gasteiger partial charge in [-0.05, 0) is 22.9 Å². The Morgan fingerprint density at radius 3 is 2.94 bits per heavy atom. The Morgan fingerprint density at radius 1 is 1.56 bits per heavy atom. The Hall–Kier alpha value is -1.12. The van der Waals surface area contributed by atoms with Crippen molar-refractivity contribution in [3.8, 4) is 0 Å². The molecule has 0 amide bonds. The molecule has 1 rings (SSSR count). The lowest BCUT2D eigenvalue weighted by Gasteiger charge is -2.07. The van der Waals surface area contributed by atoms with E-state index in [-0.39, 0.29) is 18.7 Å². The maximum atomic E-state index is 11.4. The molecule has 1 unspecified atom stereocenters. The fraction of sp³-hybridized carbons (Fsp3) is 0.400. The van der Waals surface area contributed by atoms with Gasteiger partial charge in [-0.15, -0.1) is 0 Å². The monoisotopic (exact) mass is 287 g/mol. The predicted molar refractivity (Wildman–Crippen MR) is 72.0 cm³/mol. The summed E-state index contributed by atoms with van der Waals surface area (Å²) in [4.78, 5) is 25.1. The number of rotatable bonds is 8. The van der Waals surface area contributed by atoms with Gasteiger partial charge in [0.05, 0.1) is 12.5 Å². The Labute approximate surface area is 112 Å². The van der Waals surface area contributed by atoms with Gasteiger partial charge >= 0.3 is 0 Å². The van der Waals surface area contributed by atoms with Crippen LogP contribution in [0, 0.1) is 10.1 Å². The van der Waals surface area contributed by atoms with Crippen LogP contribution >= 0.6 is 21.6 Å². The van der Waals surface area contributed by atoms with Crippen molar-refractivity contribution in [1.82, 2.24) is 4.98 Å². The van der Waals surface area contributed by atoms with Crippen molar-refractivity contribution < 1.29 is 9.72 Å². The molecule has 98 valence electrons. The number of hydrogen-bond acceptors (Lipinski definition) is 7. The van der Waals surface area contributed by atoms with Crippen LogP contribution in [0.1, 0.15) is 6.42 Å². The van der Waals surface area contributed by atoms with Crippen LogP contribution in [0.25, 0.3) is 0 Å². The molecule has 0 aliphatic heterocycles. The van der Waals surface area contributed by atoms with E-state index in [1.54, 1.807) is 6.20 Å². The summed E-state index contributed by atoms with van der Waals surface area (Å²) in [6.07, 6.45) is 1.58. The van der Waals surface area contributed by atoms with Gasteiger partial charge in [0.2, 0.25) is 6.54 Å². The second-order valence-electron chi connectivity index (χ2n) is 3.41. The molecule has 0 spiro atoms. The van der Waals surface area contributed by atoms with Gasteiger partial charge in [-0.3, -0.25) is 14.9 Å². The first-order chi connectivity index (χ1) is 8.59. The van der Waals surface area contributed by atoms with E-state index in [0.29, 0.717) is 5.75 Å². The molecule has 6 nitrogen and oxygen atoms in total. The molecule has 0 radical (unpaired) electrons. The molecule has 8 heteroatoms. The highest BCUT2D eigenvalue weighted by atomic mass is 33.1. The van der Waals surface area contributed by atoms with E-state index in [0.717, 1.165) is 5.03 Å². The molecule has 0 bridgehead atoms. The summed E-state index contributed by atoms with van der Waals surface area (Å²) in [5.74, 6) is 0.137. The maximum absolute atomic E-state index is 11.4. The van der Waals surface area contributed by atoms with Crippen molar-refractivity contribution in [3.63, 3.8) is 0 Å². The Kier molecular flexibility index (Phi) is 6.69. The molecule has 0 saturated carbocycles. The summed E-state index contributed by atoms with van der Waals surface area (Å²) in [7, 11) is 2.85. The molecule has 2 N–H and O–H groups in total. The van der Waals surface area contributed by atoms with E-state index in [9.17, 15) is 14.9 Å². The van der Waals surface area contributed by atoms with Crippen molar-refractivity contribution >= 4 is 27.4 Å². The number of Topliss-reactive ketones (excluding diaryl/α,β-unsaturated/α-hetero) is 1. The number of carbonyl (C=O) groups is 1. The predicted octanol–water partition coefficient (Wildman–Crippen LogP) is 1.39. The summed E-state index contributed by atoms with van der Waals surface area (Å²) < 4.78 is 0. The van der Waals surface area contributed by atoms with Gasteiger partial charge < -0.3 is 5.73 Å². The van der Waals surface area contributed by atoms with Gasteiger partial charge in [-0.25, -0.2) is 4.98 Å². The van der Waals surface area contributed by atoms with Crippen molar-refractivity contribution in [1.29, 1.82) is 0 Å². The lowest BCUT2D eigenvalue weighted by atomic mass is 10.2. The molecule has 0 fully saturated rings. The van der Waals surface area contributed by atoms with E-state index in [1.165, 1.54) is 21.6 Å². The Morgan fingerprint density at radius 2 is 2.33 bits per heavy atom. The summed E-state index contributed by atoms with van der Waals surface area (Å²) in [5.41, 5.74) is 5.64. The smallest absolute Gasteiger partial charge is 0.210 e. The van der Waals surface area contributed by atoms with Crippen LogP contribution in [0.2, 0.25) is 0 Å². The molecule has 1 atom stereocenters. The van der Waals surface area contributed by atoms with Crippen LogP contribution < -0.4 is 5.73 Å². The highest BCUT2D eigenvalue weighted by Gasteiger charge is 2.16. The first-order valence-electron chi connectivity index (χ1n) is 5.20. The third-order valence-electron chi connectivity index (χ3n) is 1.98. The van der Waals surface area contributed by atoms with Gasteiger partial charge in [0.1, 0.15) is 5.03 Å². The molecular formula is C10H13N3O3S2. The largest absolute Gasteiger partial charge is 0.321 e. The summed E-state index contributed by atoms with van der Waals surface area (Å²) in [6.45, 7) is -0.357. The van der Waals surface area contributed by atoms with Gasteiger partial charge in [0.25, 0.3) is 0 Å². The van der Waals surface area contributed by atoms with Crippen molar-refractivity contribution in [2.45, 2.75) is 17.5 Å². The number of nitrogens with two attached hydrogens (primary N) is 1. The van der Waals surface area contributed by atoms with Gasteiger partial charge in [0.15, 0.2) is 5.78 Å². The zero-order chi connectivity index (χ0) is 13.4. The highest BCUT2D eigenvalue weighted by Crippen LogP contribution is 2.29. The number of carbonyl (C=O) groups excluding carboxylic acids is 1. The number of hydrogen-bond donors (Lipinski definition) is 1. The maximum Gasteiger partial charge on any atom is 0.210 e. The molecule has 0 saturated heterocycles. The average Bonchev–Trinajstić information content (AvgIpc) is 2.37. The fourth-order valence-corrected chi connectivity index (χ4v) is 3.11. The summed E-state index contributed by atoms with van der Waals surface area (Å²) in [5, 5.41) is 11.0. The van der Waals surface area contributed by atoms with Crippen LogP contribution in [0.4, 0.5) is 0 Å². The lowest BCUT2D eigenvalue weighted by Crippen LogP contribution is -2.33. The minimum atomic E-state index is -0.661. The van der Waals surface area contributed by atoms with E-state index >= 15 is 0 Å². The van der Waals surface area contributed by atoms with Crippen molar-refractivity contribution in [3.05, 3.63) is 34.5 Å². The second kappa shape index (κ2) is 8.06. The van der Waals surface area contributed by atoms with Crippen LogP contribution in [0.3, 0.4) is 0 Å². The first-order valence-corrected chi connectivity index (χ1v) is 7.52. The van der Waals surface area contributed by atoms with Gasteiger partial charge in [0, 0.05) is 16.9 Å². The molecule has 1 aromatic heterocycles. The molecule has 1 heterocycles. The molecule has 18 heavy (non-hydrogen) atoms. The van der Waals surface area contributed by atoms with Gasteiger partial charge in [-0.1, -0.05) is 16.9 Å². The lowest BCUT2D eigenvalue weighted by molar-refractivity contribution is -0.478. The summed E-state index contributed by atoms with van der Waals surface area (Å²) in [6, 6.07) is 4.89. The second-order valence-corrected chi connectivity index (χ2v) is 5.78. The normalized spacial score (nSPS) is 12.1. The zero-order valence-electron chi connectivity index (χ0n) is 9.52. The third kappa shape index (κ3) is 5.99. The number of pyridine rings is 1. The highest BCUT2D eigenvalue weighted by molar-refractivity contribution is 8.76. The number of ketones is 1. The van der Waals surface area contributed by atoms with E-state index in [2.05, 4.69) is 4.98 Å². The Balaban J connectivity index is 2.22. The quantitative estimate of drug-likeness (QED) is 0.438. The Bertz CT molecular complexity index is 403. The van der Waals surface area contributed by atoms with E-state index in [1.807, 2.05) is 18.2 Å². The van der Waals surface area contributed by atoms with Crippen molar-refractivity contribution in [2.24, 2.45) is 5.73 Å². The zero-order valence-corrected chi connectivity index (χ0v) is 11.2. The fourth-order valence-electron chi connectivity index (χ4n) is 1.04. The van der Waals surface area contributed by atoms with E-state index in [4.69, 9.17) is 5.73 Å². The number of nitrogens with zero attached hydrogens (tertiary/aromatic N) is 2. The molecule has 0 aliphatic carbocycles. The molecule has 0 aromatic carbocycles. The standard InChI is InChI=1S/C10H13N3O3S2/c11-8(9(14)4-6-13(15)16)7-17-18-10-3-1-2-5-12-10/h1-3,5,8H,4,6-7,11H2. The van der Waals surface area contributed by atoms with E-state index < -0.39 is 11.0 Å². The van der Waals surface area contributed by atoms with Gasteiger partial charge in [-0.2, -0.15) is 0 Å². The summed E-state index contributed by atoms with van der Waals surface area (Å²) >= 11 is 0. The first kappa shape index (κ1) is 14.9. The average molecular weight is 287 g/mol. The minimum absolute atomic E-state index is 0.108. The molecule has 0 aliphatic rings.